The number of halogens is 1. The SMILES string of the molecule is COc1ccc(-n2c(CSc3n[nH]c(-c4cc(Cl)ccc4OC)n3)nc3ccccc32)cc1. The molecule has 0 aliphatic carbocycles. The molecule has 0 radical (unpaired) electrons. The van der Waals surface area contributed by atoms with Gasteiger partial charge in [-0.3, -0.25) is 9.67 Å². The summed E-state index contributed by atoms with van der Waals surface area (Å²) < 4.78 is 12.9. The standard InChI is InChI=1S/C24H20ClN5O2S/c1-31-17-10-8-16(9-11-17)30-20-6-4-3-5-19(20)26-22(30)14-33-24-27-23(28-29-24)18-13-15(25)7-12-21(18)32-2/h3-13H,14H2,1-2H3,(H,27,28,29). The molecule has 2 aromatic heterocycles. The molecule has 9 heteroatoms. The molecule has 0 saturated carbocycles. The van der Waals surface area contributed by atoms with Crippen LogP contribution in [0.25, 0.3) is 28.1 Å². The Morgan fingerprint density at radius 1 is 0.970 bits per heavy atom. The van der Waals surface area contributed by atoms with Gasteiger partial charge in [0.15, 0.2) is 5.82 Å². The van der Waals surface area contributed by atoms with Crippen LogP contribution in [-0.4, -0.2) is 39.0 Å². The van der Waals surface area contributed by atoms with Crippen molar-refractivity contribution in [3.63, 3.8) is 0 Å². The number of aromatic nitrogens is 5. The smallest absolute Gasteiger partial charge is 0.209 e. The monoisotopic (exact) mass is 477 g/mol. The fraction of sp³-hybridized carbons (Fsp3) is 0.125. The Kier molecular flexibility index (Phi) is 5.93. The van der Waals surface area contributed by atoms with E-state index >= 15 is 0 Å². The fourth-order valence-electron chi connectivity index (χ4n) is 3.62. The van der Waals surface area contributed by atoms with Crippen LogP contribution >= 0.6 is 23.4 Å². The van der Waals surface area contributed by atoms with Crippen molar-refractivity contribution in [3.05, 3.63) is 77.6 Å². The summed E-state index contributed by atoms with van der Waals surface area (Å²) in [5.41, 5.74) is 3.75. The predicted octanol–water partition coefficient (Wildman–Crippen LogP) is 5.77. The summed E-state index contributed by atoms with van der Waals surface area (Å²) in [7, 11) is 3.27. The molecule has 33 heavy (non-hydrogen) atoms. The quantitative estimate of drug-likeness (QED) is 0.300. The van der Waals surface area contributed by atoms with Crippen molar-refractivity contribution in [2.24, 2.45) is 0 Å². The number of nitrogens with one attached hydrogen (secondary N) is 1. The van der Waals surface area contributed by atoms with Gasteiger partial charge in [0.05, 0.1) is 36.6 Å². The van der Waals surface area contributed by atoms with Crippen LogP contribution in [0.4, 0.5) is 0 Å². The molecule has 5 aromatic rings. The molecule has 0 unspecified atom stereocenters. The second-order valence-electron chi connectivity index (χ2n) is 7.15. The van der Waals surface area contributed by atoms with Crippen molar-refractivity contribution in [1.29, 1.82) is 0 Å². The molecule has 1 N–H and O–H groups in total. The van der Waals surface area contributed by atoms with Crippen LogP contribution in [0.15, 0.2) is 71.9 Å². The van der Waals surface area contributed by atoms with Crippen molar-refractivity contribution in [1.82, 2.24) is 24.7 Å². The number of aromatic amines is 1. The topological polar surface area (TPSA) is 77.9 Å². The lowest BCUT2D eigenvalue weighted by Crippen LogP contribution is -2.00. The van der Waals surface area contributed by atoms with E-state index in [9.17, 15) is 0 Å². The van der Waals surface area contributed by atoms with Crippen LogP contribution in [0, 0.1) is 0 Å². The van der Waals surface area contributed by atoms with Crippen molar-refractivity contribution >= 4 is 34.4 Å². The summed E-state index contributed by atoms with van der Waals surface area (Å²) in [6.45, 7) is 0. The van der Waals surface area contributed by atoms with Gasteiger partial charge in [0.25, 0.3) is 0 Å². The number of fused-ring (bicyclic) bond motifs is 1. The first-order valence-electron chi connectivity index (χ1n) is 10.2. The van der Waals surface area contributed by atoms with Gasteiger partial charge in [-0.15, -0.1) is 5.10 Å². The molecule has 0 atom stereocenters. The average Bonchev–Trinajstić information content (AvgIpc) is 3.47. The van der Waals surface area contributed by atoms with Gasteiger partial charge in [0.1, 0.15) is 17.3 Å². The van der Waals surface area contributed by atoms with E-state index in [2.05, 4.69) is 25.8 Å². The van der Waals surface area contributed by atoms with Crippen LogP contribution in [0.1, 0.15) is 5.82 Å². The van der Waals surface area contributed by atoms with Crippen LogP contribution in [0.2, 0.25) is 5.02 Å². The van der Waals surface area contributed by atoms with Crippen molar-refractivity contribution in [2.75, 3.05) is 14.2 Å². The molecule has 166 valence electrons. The number of H-pyrrole nitrogens is 1. The maximum atomic E-state index is 6.16. The molecule has 0 amide bonds. The van der Waals surface area contributed by atoms with Crippen molar-refractivity contribution in [3.8, 4) is 28.6 Å². The largest absolute Gasteiger partial charge is 0.497 e. The molecule has 0 aliphatic heterocycles. The van der Waals surface area contributed by atoms with E-state index in [4.69, 9.17) is 26.1 Å². The van der Waals surface area contributed by atoms with Crippen LogP contribution in [0.5, 0.6) is 11.5 Å². The zero-order valence-electron chi connectivity index (χ0n) is 17.9. The number of nitrogens with zero attached hydrogens (tertiary/aromatic N) is 4. The molecule has 3 aromatic carbocycles. The zero-order chi connectivity index (χ0) is 22.8. The second kappa shape index (κ2) is 9.17. The average molecular weight is 478 g/mol. The van der Waals surface area contributed by atoms with Crippen molar-refractivity contribution in [2.45, 2.75) is 10.9 Å². The van der Waals surface area contributed by atoms with E-state index in [1.54, 1.807) is 26.4 Å². The van der Waals surface area contributed by atoms with Crippen LogP contribution in [-0.2, 0) is 5.75 Å². The lowest BCUT2D eigenvalue weighted by Gasteiger charge is -2.09. The highest BCUT2D eigenvalue weighted by atomic mass is 35.5. The molecular formula is C24H20ClN5O2S. The Bertz CT molecular complexity index is 1410. The summed E-state index contributed by atoms with van der Waals surface area (Å²) in [5, 5.41) is 8.56. The number of hydrogen-bond donors (Lipinski definition) is 1. The summed E-state index contributed by atoms with van der Waals surface area (Å²) >= 11 is 7.67. The number of imidazole rings is 1. The van der Waals surface area contributed by atoms with E-state index in [0.29, 0.717) is 27.5 Å². The Hall–Kier alpha value is -3.49. The molecule has 0 bridgehead atoms. The number of benzene rings is 3. The number of hydrogen-bond acceptors (Lipinski definition) is 6. The van der Waals surface area contributed by atoms with Gasteiger partial charge in [0, 0.05) is 10.7 Å². The first kappa shape index (κ1) is 21.4. The van der Waals surface area contributed by atoms with E-state index in [0.717, 1.165) is 33.9 Å². The van der Waals surface area contributed by atoms with E-state index < -0.39 is 0 Å². The molecule has 0 fully saturated rings. The summed E-state index contributed by atoms with van der Waals surface area (Å²) in [6.07, 6.45) is 0. The number of methoxy groups -OCH3 is 2. The molecule has 2 heterocycles. The van der Waals surface area contributed by atoms with E-state index in [1.165, 1.54) is 11.8 Å². The van der Waals surface area contributed by atoms with Gasteiger partial charge in [-0.2, -0.15) is 0 Å². The van der Waals surface area contributed by atoms with Gasteiger partial charge in [-0.25, -0.2) is 9.97 Å². The van der Waals surface area contributed by atoms with Gasteiger partial charge >= 0.3 is 0 Å². The Morgan fingerprint density at radius 2 is 1.79 bits per heavy atom. The third-order valence-corrected chi connectivity index (χ3v) is 6.25. The first-order valence-corrected chi connectivity index (χ1v) is 11.5. The highest BCUT2D eigenvalue weighted by Gasteiger charge is 2.16. The lowest BCUT2D eigenvalue weighted by molar-refractivity contribution is 0.414. The van der Waals surface area contributed by atoms with Crippen LogP contribution in [0.3, 0.4) is 0 Å². The van der Waals surface area contributed by atoms with Gasteiger partial charge in [0.2, 0.25) is 5.16 Å². The lowest BCUT2D eigenvalue weighted by atomic mass is 10.2. The summed E-state index contributed by atoms with van der Waals surface area (Å²) in [4.78, 5) is 9.49. The Morgan fingerprint density at radius 3 is 2.58 bits per heavy atom. The molecule has 7 nitrogen and oxygen atoms in total. The number of thioether (sulfide) groups is 1. The van der Waals surface area contributed by atoms with Crippen LogP contribution < -0.4 is 9.47 Å². The zero-order valence-corrected chi connectivity index (χ0v) is 19.5. The highest BCUT2D eigenvalue weighted by molar-refractivity contribution is 7.98. The van der Waals surface area contributed by atoms with E-state index in [-0.39, 0.29) is 0 Å². The third-order valence-electron chi connectivity index (χ3n) is 5.17. The number of para-hydroxylation sites is 2. The normalized spacial score (nSPS) is 11.1. The molecule has 5 rings (SSSR count). The second-order valence-corrected chi connectivity index (χ2v) is 8.53. The highest BCUT2D eigenvalue weighted by Crippen LogP contribution is 2.32. The van der Waals surface area contributed by atoms with Crippen molar-refractivity contribution < 1.29 is 9.47 Å². The minimum absolute atomic E-state index is 0.588. The van der Waals surface area contributed by atoms with E-state index in [1.807, 2.05) is 48.5 Å². The summed E-state index contributed by atoms with van der Waals surface area (Å²) in [5.74, 6) is 3.57. The predicted molar refractivity (Wildman–Crippen MR) is 131 cm³/mol. The minimum atomic E-state index is 0.588. The maximum Gasteiger partial charge on any atom is 0.209 e. The molecule has 0 saturated heterocycles. The molecule has 0 aliphatic rings. The van der Waals surface area contributed by atoms with Gasteiger partial charge < -0.3 is 9.47 Å². The molecular weight excluding hydrogens is 458 g/mol. The molecule has 0 spiro atoms. The fourth-order valence-corrected chi connectivity index (χ4v) is 4.51. The summed E-state index contributed by atoms with van der Waals surface area (Å²) in [6, 6.07) is 21.4. The third kappa shape index (κ3) is 4.27. The number of rotatable bonds is 7. The number of ether oxygens (including phenoxy) is 2. The minimum Gasteiger partial charge on any atom is -0.497 e. The Labute approximate surface area is 199 Å². The maximum absolute atomic E-state index is 6.16. The first-order chi connectivity index (χ1) is 16.2. The Balaban J connectivity index is 1.45. The van der Waals surface area contributed by atoms with Gasteiger partial charge in [-0.1, -0.05) is 35.5 Å². The van der Waals surface area contributed by atoms with Gasteiger partial charge in [-0.05, 0) is 54.6 Å².